The molecule has 0 spiro atoms. The Kier molecular flexibility index (Phi) is 9.46. The predicted octanol–water partition coefficient (Wildman–Crippen LogP) is 6.32. The normalized spacial score (nSPS) is 12.2. The zero-order chi connectivity index (χ0) is 31.5. The van der Waals surface area contributed by atoms with E-state index in [1.807, 2.05) is 19.1 Å². The van der Waals surface area contributed by atoms with Gasteiger partial charge in [0.15, 0.2) is 5.78 Å². The zero-order valence-corrected chi connectivity index (χ0v) is 26.1. The summed E-state index contributed by atoms with van der Waals surface area (Å²) in [6, 6.07) is 11.6. The number of nitrogens with one attached hydrogen (secondary N) is 2. The van der Waals surface area contributed by atoms with E-state index in [1.165, 1.54) is 25.2 Å². The number of pyridine rings is 1. The number of anilines is 1. The standard InChI is InChI=1S/C32H35N3O7S/c1-17-26-21(15-40-7)11-12-22(19(3)36)28(26)43-27(17)29(37)35-25-14-13-23-20(9-8-10-24(23)34-25)16-41-30(38)18(2)33-31(39)42-32(4,5)6/h8-14,18H,15-16H2,1-7H3,(H,33,39)(H,34,35,37)/t18-/m0/s1. The van der Waals surface area contributed by atoms with Crippen LogP contribution in [-0.2, 0) is 32.2 Å². The molecule has 43 heavy (non-hydrogen) atoms. The van der Waals surface area contributed by atoms with Gasteiger partial charge in [-0.1, -0.05) is 18.2 Å². The Labute approximate surface area is 253 Å². The molecular weight excluding hydrogens is 570 g/mol. The molecule has 0 aliphatic heterocycles. The van der Waals surface area contributed by atoms with Crippen molar-refractivity contribution in [2.75, 3.05) is 12.4 Å². The molecule has 0 bridgehead atoms. The van der Waals surface area contributed by atoms with Gasteiger partial charge < -0.3 is 24.8 Å². The Morgan fingerprint density at radius 2 is 1.74 bits per heavy atom. The van der Waals surface area contributed by atoms with Gasteiger partial charge in [0.05, 0.1) is 17.0 Å². The van der Waals surface area contributed by atoms with Crippen LogP contribution in [0.5, 0.6) is 0 Å². The first kappa shape index (κ1) is 31.6. The number of benzene rings is 2. The Morgan fingerprint density at radius 1 is 1.00 bits per heavy atom. The Bertz CT molecular complexity index is 1720. The molecule has 11 heteroatoms. The molecule has 2 N–H and O–H groups in total. The first-order valence-corrected chi connectivity index (χ1v) is 14.5. The maximum Gasteiger partial charge on any atom is 0.408 e. The fourth-order valence-electron chi connectivity index (χ4n) is 4.61. The maximum absolute atomic E-state index is 13.4. The van der Waals surface area contributed by atoms with Crippen molar-refractivity contribution in [1.82, 2.24) is 10.3 Å². The van der Waals surface area contributed by atoms with Crippen LogP contribution in [0.3, 0.4) is 0 Å². The molecule has 0 unspecified atom stereocenters. The molecule has 2 aromatic carbocycles. The summed E-state index contributed by atoms with van der Waals surface area (Å²) in [5, 5.41) is 6.94. The molecule has 0 saturated heterocycles. The Hall–Kier alpha value is -4.35. The number of fused-ring (bicyclic) bond motifs is 2. The number of esters is 1. The highest BCUT2D eigenvalue weighted by Crippen LogP contribution is 2.37. The van der Waals surface area contributed by atoms with Crippen LogP contribution in [0.4, 0.5) is 10.6 Å². The number of nitrogens with zero attached hydrogens (tertiary/aromatic N) is 1. The van der Waals surface area contributed by atoms with E-state index >= 15 is 0 Å². The molecule has 0 fully saturated rings. The fourth-order valence-corrected chi connectivity index (χ4v) is 5.92. The monoisotopic (exact) mass is 605 g/mol. The number of hydrogen-bond acceptors (Lipinski definition) is 9. The number of rotatable bonds is 9. The number of alkyl carbamates (subject to hydrolysis) is 1. The summed E-state index contributed by atoms with van der Waals surface area (Å²) >= 11 is 1.27. The second-order valence-corrected chi connectivity index (χ2v) is 12.2. The molecule has 0 aliphatic carbocycles. The lowest BCUT2D eigenvalue weighted by molar-refractivity contribution is -0.147. The van der Waals surface area contributed by atoms with Crippen molar-refractivity contribution in [2.24, 2.45) is 0 Å². The van der Waals surface area contributed by atoms with Crippen molar-refractivity contribution >= 4 is 61.9 Å². The van der Waals surface area contributed by atoms with Gasteiger partial charge in [0.2, 0.25) is 0 Å². The number of ketones is 1. The van der Waals surface area contributed by atoms with Crippen LogP contribution < -0.4 is 10.6 Å². The molecule has 4 aromatic rings. The third-order valence-corrected chi connectivity index (χ3v) is 7.89. The van der Waals surface area contributed by atoms with Gasteiger partial charge in [-0.25, -0.2) is 14.6 Å². The SMILES string of the molecule is COCc1ccc(C(C)=O)c2sc(C(=O)Nc3ccc4c(COC(=O)[C@H](C)NC(=O)OC(C)(C)C)cccc4n3)c(C)c12. The van der Waals surface area contributed by atoms with Crippen LogP contribution in [0.2, 0.25) is 0 Å². The molecule has 1 atom stereocenters. The summed E-state index contributed by atoms with van der Waals surface area (Å²) in [4.78, 5) is 55.2. The summed E-state index contributed by atoms with van der Waals surface area (Å²) < 4.78 is 16.7. The minimum Gasteiger partial charge on any atom is -0.459 e. The quantitative estimate of drug-likeness (QED) is 0.167. The van der Waals surface area contributed by atoms with Gasteiger partial charge in [0.1, 0.15) is 24.1 Å². The van der Waals surface area contributed by atoms with Crippen molar-refractivity contribution in [3.8, 4) is 0 Å². The van der Waals surface area contributed by atoms with E-state index in [0.29, 0.717) is 33.9 Å². The number of hydrogen-bond donors (Lipinski definition) is 2. The van der Waals surface area contributed by atoms with E-state index in [-0.39, 0.29) is 18.3 Å². The summed E-state index contributed by atoms with van der Waals surface area (Å²) in [6.45, 7) is 10.4. The van der Waals surface area contributed by atoms with Crippen LogP contribution >= 0.6 is 11.3 Å². The first-order chi connectivity index (χ1) is 20.3. The van der Waals surface area contributed by atoms with E-state index in [0.717, 1.165) is 26.6 Å². The van der Waals surface area contributed by atoms with Crippen molar-refractivity contribution in [3.63, 3.8) is 0 Å². The van der Waals surface area contributed by atoms with E-state index in [4.69, 9.17) is 14.2 Å². The second kappa shape index (κ2) is 12.9. The van der Waals surface area contributed by atoms with Crippen molar-refractivity contribution in [1.29, 1.82) is 0 Å². The zero-order valence-electron chi connectivity index (χ0n) is 25.2. The largest absolute Gasteiger partial charge is 0.459 e. The van der Waals surface area contributed by atoms with Crippen molar-refractivity contribution in [3.05, 3.63) is 69.6 Å². The summed E-state index contributed by atoms with van der Waals surface area (Å²) in [7, 11) is 1.60. The minimum absolute atomic E-state index is 0.0346. The predicted molar refractivity (Wildman–Crippen MR) is 166 cm³/mol. The topological polar surface area (TPSA) is 133 Å². The summed E-state index contributed by atoms with van der Waals surface area (Å²) in [6.07, 6.45) is -0.707. The maximum atomic E-state index is 13.4. The molecule has 0 saturated carbocycles. The van der Waals surface area contributed by atoms with Gasteiger partial charge in [0, 0.05) is 28.1 Å². The van der Waals surface area contributed by atoms with Gasteiger partial charge in [-0.15, -0.1) is 11.3 Å². The molecule has 10 nitrogen and oxygen atoms in total. The lowest BCUT2D eigenvalue weighted by Crippen LogP contribution is -2.42. The Morgan fingerprint density at radius 3 is 2.42 bits per heavy atom. The van der Waals surface area contributed by atoms with Crippen LogP contribution in [0.1, 0.15) is 71.3 Å². The molecule has 226 valence electrons. The van der Waals surface area contributed by atoms with Gasteiger partial charge in [-0.05, 0) is 82.5 Å². The smallest absolute Gasteiger partial charge is 0.408 e. The van der Waals surface area contributed by atoms with Gasteiger partial charge >= 0.3 is 12.1 Å². The molecule has 2 aromatic heterocycles. The summed E-state index contributed by atoms with van der Waals surface area (Å²) in [5.41, 5.74) is 2.86. The molecule has 0 radical (unpaired) electrons. The number of aryl methyl sites for hydroxylation is 1. The lowest BCUT2D eigenvalue weighted by atomic mass is 10.0. The van der Waals surface area contributed by atoms with Crippen LogP contribution in [-0.4, -0.2) is 47.5 Å². The fraction of sp³-hybridized carbons (Fsp3) is 0.344. The van der Waals surface area contributed by atoms with Gasteiger partial charge in [0.25, 0.3) is 5.91 Å². The molecule has 2 amide bonds. The average Bonchev–Trinajstić information content (AvgIpc) is 3.28. The van der Waals surface area contributed by atoms with Crippen LogP contribution in [0.25, 0.3) is 21.0 Å². The van der Waals surface area contributed by atoms with Crippen LogP contribution in [0.15, 0.2) is 42.5 Å². The lowest BCUT2D eigenvalue weighted by Gasteiger charge is -2.21. The van der Waals surface area contributed by atoms with E-state index < -0.39 is 23.7 Å². The number of carbonyl (C=O) groups excluding carboxylic acids is 4. The van der Waals surface area contributed by atoms with E-state index in [9.17, 15) is 19.2 Å². The molecule has 2 heterocycles. The molecule has 0 aliphatic rings. The number of aromatic nitrogens is 1. The molecule has 4 rings (SSSR count). The summed E-state index contributed by atoms with van der Waals surface area (Å²) in [5.74, 6) is -0.670. The van der Waals surface area contributed by atoms with Crippen molar-refractivity contribution in [2.45, 2.75) is 66.4 Å². The second-order valence-electron chi connectivity index (χ2n) is 11.1. The van der Waals surface area contributed by atoms with Gasteiger partial charge in [-0.3, -0.25) is 9.59 Å². The number of methoxy groups -OCH3 is 1. The number of Topliss-reactive ketones (excluding diaryl/α,β-unsaturated/α-hetero) is 1. The average molecular weight is 606 g/mol. The number of amides is 2. The first-order valence-electron chi connectivity index (χ1n) is 13.7. The van der Waals surface area contributed by atoms with E-state index in [2.05, 4.69) is 15.6 Å². The minimum atomic E-state index is -0.903. The number of ether oxygens (including phenoxy) is 3. The Balaban J connectivity index is 1.50. The number of carbonyl (C=O) groups is 4. The highest BCUT2D eigenvalue weighted by Gasteiger charge is 2.23. The highest BCUT2D eigenvalue weighted by molar-refractivity contribution is 7.21. The third kappa shape index (κ3) is 7.36. The van der Waals surface area contributed by atoms with Gasteiger partial charge in [-0.2, -0.15) is 0 Å². The molecular formula is C32H35N3O7S. The van der Waals surface area contributed by atoms with Crippen molar-refractivity contribution < 1.29 is 33.4 Å². The third-order valence-electron chi connectivity index (χ3n) is 6.57. The highest BCUT2D eigenvalue weighted by atomic mass is 32.1. The van der Waals surface area contributed by atoms with E-state index in [1.54, 1.807) is 58.2 Å². The van der Waals surface area contributed by atoms with Crippen LogP contribution in [0, 0.1) is 6.92 Å². The number of thiophene rings is 1.